The monoisotopic (exact) mass is 394 g/mol. The number of hydrogen-bond acceptors (Lipinski definition) is 4. The van der Waals surface area contributed by atoms with Gasteiger partial charge in [-0.2, -0.15) is 0 Å². The lowest BCUT2D eigenvalue weighted by atomic mass is 10.3. The van der Waals surface area contributed by atoms with Crippen molar-refractivity contribution in [2.24, 2.45) is 0 Å². The molecule has 0 radical (unpaired) electrons. The minimum atomic E-state index is -3.73. The molecule has 0 bridgehead atoms. The van der Waals surface area contributed by atoms with Crippen molar-refractivity contribution in [1.29, 1.82) is 0 Å². The molecule has 0 aliphatic rings. The lowest BCUT2D eigenvalue weighted by molar-refractivity contribution is 0.474. The molecule has 0 saturated carbocycles. The Balaban J connectivity index is 2.89. The van der Waals surface area contributed by atoms with Crippen molar-refractivity contribution in [3.05, 3.63) is 36.4 Å². The second-order valence-electron chi connectivity index (χ2n) is 8.33. The van der Waals surface area contributed by atoms with Crippen molar-refractivity contribution in [3.63, 3.8) is 0 Å². The smallest absolute Gasteiger partial charge is 0.206 e. The largest absolute Gasteiger partial charge is 0.508 e. The summed E-state index contributed by atoms with van der Waals surface area (Å²) < 4.78 is 26.6. The molecule has 0 amide bonds. The Hall–Kier alpha value is -1.58. The summed E-state index contributed by atoms with van der Waals surface area (Å²) in [5.74, 6) is 0.221. The first-order chi connectivity index (χ1) is 11.3. The maximum Gasteiger partial charge on any atom is 0.206 e. The minimum Gasteiger partial charge on any atom is -0.508 e. The highest BCUT2D eigenvalue weighted by molar-refractivity contribution is 7.91. The molecule has 0 atom stereocenters. The molecule has 25 heavy (non-hydrogen) atoms. The van der Waals surface area contributed by atoms with E-state index >= 15 is 0 Å². The van der Waals surface area contributed by atoms with Crippen LogP contribution < -0.4 is 10.4 Å². The van der Waals surface area contributed by atoms with Gasteiger partial charge in [0.2, 0.25) is 9.84 Å². The van der Waals surface area contributed by atoms with Gasteiger partial charge in [-0.25, -0.2) is 8.42 Å². The van der Waals surface area contributed by atoms with E-state index in [1.807, 2.05) is 0 Å². The zero-order valence-corrected chi connectivity index (χ0v) is 18.4. The lowest BCUT2D eigenvalue weighted by Gasteiger charge is -2.31. The molecular weight excluding hydrogens is 368 g/mol. The number of hydrogen-bond donors (Lipinski definition) is 2. The average molecular weight is 395 g/mol. The fourth-order valence-electron chi connectivity index (χ4n) is 3.05. The normalized spacial score (nSPS) is 13.0. The first-order valence-electron chi connectivity index (χ1n) is 8.17. The highest BCUT2D eigenvalue weighted by Gasteiger charge is 2.36. The van der Waals surface area contributed by atoms with Crippen LogP contribution in [0.15, 0.2) is 46.2 Å². The third-order valence-corrected chi connectivity index (χ3v) is 10.4. The maximum absolute atomic E-state index is 13.3. The van der Waals surface area contributed by atoms with Crippen LogP contribution >= 0.6 is 0 Å². The van der Waals surface area contributed by atoms with E-state index < -0.39 is 26.0 Å². The van der Waals surface area contributed by atoms with Gasteiger partial charge in [0.15, 0.2) is 0 Å². The number of rotatable bonds is 4. The Kier molecular flexibility index (Phi) is 4.97. The average Bonchev–Trinajstić information content (AvgIpc) is 2.44. The van der Waals surface area contributed by atoms with E-state index in [-0.39, 0.29) is 21.3 Å². The molecule has 0 aliphatic carbocycles. The molecule has 0 aliphatic heterocycles. The lowest BCUT2D eigenvalue weighted by Crippen LogP contribution is -2.58. The van der Waals surface area contributed by atoms with Gasteiger partial charge in [-0.1, -0.05) is 39.3 Å². The number of aromatic hydroxyl groups is 2. The van der Waals surface area contributed by atoms with Crippen LogP contribution in [0.2, 0.25) is 39.3 Å². The fourth-order valence-corrected chi connectivity index (χ4v) is 11.5. The van der Waals surface area contributed by atoms with Gasteiger partial charge >= 0.3 is 0 Å². The van der Waals surface area contributed by atoms with Gasteiger partial charge in [-0.15, -0.1) is 0 Å². The number of sulfone groups is 1. The summed E-state index contributed by atoms with van der Waals surface area (Å²) in [6.07, 6.45) is 0. The molecule has 0 unspecified atom stereocenters. The van der Waals surface area contributed by atoms with E-state index in [1.54, 1.807) is 0 Å². The molecule has 136 valence electrons. The molecule has 0 spiro atoms. The third kappa shape index (κ3) is 3.83. The van der Waals surface area contributed by atoms with Gasteiger partial charge in [0.05, 0.1) is 25.9 Å². The zero-order valence-electron chi connectivity index (χ0n) is 15.6. The Morgan fingerprint density at radius 2 is 1.20 bits per heavy atom. The van der Waals surface area contributed by atoms with E-state index in [0.29, 0.717) is 0 Å². The predicted octanol–water partition coefficient (Wildman–Crippen LogP) is 3.02. The molecular formula is C18H26O4SSi2. The summed E-state index contributed by atoms with van der Waals surface area (Å²) in [5.41, 5.74) is 0. The van der Waals surface area contributed by atoms with Crippen molar-refractivity contribution < 1.29 is 18.6 Å². The van der Waals surface area contributed by atoms with Gasteiger partial charge in [0, 0.05) is 0 Å². The molecule has 0 heterocycles. The van der Waals surface area contributed by atoms with Crippen LogP contribution in [0.3, 0.4) is 0 Å². The number of phenols is 2. The van der Waals surface area contributed by atoms with E-state index in [9.17, 15) is 18.6 Å². The zero-order chi connectivity index (χ0) is 19.2. The molecule has 0 fully saturated rings. The summed E-state index contributed by atoms with van der Waals surface area (Å²) in [7, 11) is -7.78. The summed E-state index contributed by atoms with van der Waals surface area (Å²) in [6.45, 7) is 12.6. The van der Waals surface area contributed by atoms with E-state index in [2.05, 4.69) is 39.3 Å². The van der Waals surface area contributed by atoms with E-state index in [4.69, 9.17) is 0 Å². The molecule has 7 heteroatoms. The number of benzene rings is 2. The third-order valence-electron chi connectivity index (χ3n) is 4.08. The molecule has 2 aromatic rings. The SMILES string of the molecule is C[Si](C)(C)c1c(O)ccc(S(=O)(=O)c2ccc(O)cc2)c1[Si](C)(C)C. The summed E-state index contributed by atoms with van der Waals surface area (Å²) in [4.78, 5) is 0.435. The summed E-state index contributed by atoms with van der Waals surface area (Å²) >= 11 is 0. The highest BCUT2D eigenvalue weighted by atomic mass is 32.2. The van der Waals surface area contributed by atoms with Crippen LogP contribution in [0.4, 0.5) is 0 Å². The molecule has 2 rings (SSSR count). The Labute approximate surface area is 152 Å². The van der Waals surface area contributed by atoms with Crippen LogP contribution in [-0.2, 0) is 9.84 Å². The fraction of sp³-hybridized carbons (Fsp3) is 0.333. The van der Waals surface area contributed by atoms with Crippen LogP contribution in [-0.4, -0.2) is 34.8 Å². The standard InChI is InChI=1S/C18H26O4SSi2/c1-24(2,3)17-15(20)11-12-16(18(17)25(4,5)6)23(21,22)14-9-7-13(19)8-10-14/h7-12,19-20H,1-6H3. The van der Waals surface area contributed by atoms with Crippen molar-refractivity contribution >= 4 is 36.4 Å². The second kappa shape index (κ2) is 6.30. The Bertz CT molecular complexity index is 890. The first-order valence-corrected chi connectivity index (χ1v) is 16.7. The molecule has 2 aromatic carbocycles. The van der Waals surface area contributed by atoms with Crippen LogP contribution in [0.5, 0.6) is 11.5 Å². The number of phenolic OH excluding ortho intramolecular Hbond substituents is 2. The highest BCUT2D eigenvalue weighted by Crippen LogP contribution is 2.26. The van der Waals surface area contributed by atoms with Crippen molar-refractivity contribution in [3.8, 4) is 11.5 Å². The molecule has 0 aromatic heterocycles. The predicted molar refractivity (Wildman–Crippen MR) is 108 cm³/mol. The molecule has 4 nitrogen and oxygen atoms in total. The van der Waals surface area contributed by atoms with Crippen LogP contribution in [0.1, 0.15) is 0 Å². The second-order valence-corrected chi connectivity index (χ2v) is 20.2. The van der Waals surface area contributed by atoms with Gasteiger partial charge in [-0.3, -0.25) is 0 Å². The molecule has 0 saturated heterocycles. The van der Waals surface area contributed by atoms with Gasteiger partial charge in [-0.05, 0) is 46.8 Å². The van der Waals surface area contributed by atoms with Crippen molar-refractivity contribution in [1.82, 2.24) is 0 Å². The first kappa shape index (κ1) is 19.7. The van der Waals surface area contributed by atoms with Gasteiger partial charge in [0.25, 0.3) is 0 Å². The van der Waals surface area contributed by atoms with Crippen molar-refractivity contribution in [2.75, 3.05) is 0 Å². The van der Waals surface area contributed by atoms with E-state index in [0.717, 1.165) is 10.4 Å². The minimum absolute atomic E-state index is 0.0258. The van der Waals surface area contributed by atoms with Crippen LogP contribution in [0, 0.1) is 0 Å². The molecule has 2 N–H and O–H groups in total. The quantitative estimate of drug-likeness (QED) is 0.782. The van der Waals surface area contributed by atoms with Crippen molar-refractivity contribution in [2.45, 2.75) is 49.1 Å². The maximum atomic E-state index is 13.3. The van der Waals surface area contributed by atoms with E-state index in [1.165, 1.54) is 36.4 Å². The topological polar surface area (TPSA) is 74.6 Å². The summed E-state index contributed by atoms with van der Waals surface area (Å²) in [5, 5.41) is 21.6. The van der Waals surface area contributed by atoms with Crippen LogP contribution in [0.25, 0.3) is 0 Å². The van der Waals surface area contributed by atoms with Gasteiger partial charge < -0.3 is 10.2 Å². The Morgan fingerprint density at radius 1 is 0.720 bits per heavy atom. The van der Waals surface area contributed by atoms with Gasteiger partial charge in [0.1, 0.15) is 11.5 Å². The Morgan fingerprint density at radius 3 is 1.64 bits per heavy atom. The summed E-state index contributed by atoms with van der Waals surface area (Å²) in [6, 6.07) is 8.61.